The van der Waals surface area contributed by atoms with Gasteiger partial charge in [-0.3, -0.25) is 10.1 Å². The first-order chi connectivity index (χ1) is 8.97. The average Bonchev–Trinajstić information content (AvgIpc) is 2.35. The Bertz CT molecular complexity index is 646. The Kier molecular flexibility index (Phi) is 4.07. The molecular formula is C13H9BrClNO3. The quantitative estimate of drug-likeness (QED) is 0.575. The Morgan fingerprint density at radius 1 is 1.21 bits per heavy atom. The number of nitro groups is 1. The van der Waals surface area contributed by atoms with Crippen LogP contribution in [-0.2, 0) is 0 Å². The highest BCUT2D eigenvalue weighted by Gasteiger charge is 2.17. The second-order valence-electron chi connectivity index (χ2n) is 3.91. The van der Waals surface area contributed by atoms with Crippen LogP contribution in [0.4, 0.5) is 5.69 Å². The lowest BCUT2D eigenvalue weighted by molar-refractivity contribution is -0.385. The molecule has 0 aliphatic heterocycles. The number of nitrogens with zero attached hydrogens (tertiary/aromatic N) is 1. The van der Waals surface area contributed by atoms with E-state index in [-0.39, 0.29) is 11.4 Å². The van der Waals surface area contributed by atoms with Gasteiger partial charge in [0.05, 0.1) is 9.95 Å². The summed E-state index contributed by atoms with van der Waals surface area (Å²) in [4.78, 5) is 10.5. The van der Waals surface area contributed by atoms with Crippen molar-refractivity contribution in [2.75, 3.05) is 0 Å². The maximum atomic E-state index is 11.0. The normalized spacial score (nSPS) is 10.3. The molecule has 0 unspecified atom stereocenters. The highest BCUT2D eigenvalue weighted by atomic mass is 79.9. The molecule has 0 saturated carbocycles. The summed E-state index contributed by atoms with van der Waals surface area (Å²) in [5, 5.41) is 11.4. The molecule has 0 amide bonds. The van der Waals surface area contributed by atoms with E-state index in [0.717, 1.165) is 5.56 Å². The average molecular weight is 343 g/mol. The van der Waals surface area contributed by atoms with E-state index in [4.69, 9.17) is 16.3 Å². The Morgan fingerprint density at radius 2 is 1.95 bits per heavy atom. The molecule has 0 spiro atoms. The number of benzene rings is 2. The number of hydrogen-bond acceptors (Lipinski definition) is 3. The summed E-state index contributed by atoms with van der Waals surface area (Å²) in [5.41, 5.74) is 0.839. The van der Waals surface area contributed by atoms with Crippen LogP contribution in [0.5, 0.6) is 11.5 Å². The number of aryl methyl sites for hydroxylation is 1. The lowest BCUT2D eigenvalue weighted by Crippen LogP contribution is -1.94. The molecule has 98 valence electrons. The highest BCUT2D eigenvalue weighted by Crippen LogP contribution is 2.36. The maximum absolute atomic E-state index is 11.0. The fourth-order valence-electron chi connectivity index (χ4n) is 1.53. The van der Waals surface area contributed by atoms with Gasteiger partial charge in [0.15, 0.2) is 0 Å². The van der Waals surface area contributed by atoms with Crippen molar-refractivity contribution in [3.63, 3.8) is 0 Å². The van der Waals surface area contributed by atoms with Crippen LogP contribution < -0.4 is 4.74 Å². The van der Waals surface area contributed by atoms with Crippen LogP contribution in [0.25, 0.3) is 0 Å². The number of nitro benzene ring substituents is 1. The molecule has 2 aromatic rings. The van der Waals surface area contributed by atoms with E-state index in [1.807, 2.05) is 13.0 Å². The predicted molar refractivity (Wildman–Crippen MR) is 77.1 cm³/mol. The summed E-state index contributed by atoms with van der Waals surface area (Å²) >= 11 is 9.20. The van der Waals surface area contributed by atoms with Crippen molar-refractivity contribution in [3.05, 3.63) is 61.6 Å². The van der Waals surface area contributed by atoms with Gasteiger partial charge >= 0.3 is 5.69 Å². The molecule has 0 N–H and O–H groups in total. The van der Waals surface area contributed by atoms with E-state index >= 15 is 0 Å². The van der Waals surface area contributed by atoms with Crippen LogP contribution in [0.3, 0.4) is 0 Å². The fraction of sp³-hybridized carbons (Fsp3) is 0.0769. The molecule has 0 aromatic heterocycles. The topological polar surface area (TPSA) is 52.4 Å². The summed E-state index contributed by atoms with van der Waals surface area (Å²) in [5.74, 6) is 0.549. The standard InChI is InChI=1S/C13H9BrClNO3/c1-8-2-4-10(15)13(6-8)19-12-5-3-9(14)7-11(12)16(17)18/h2-7H,1H3. The van der Waals surface area contributed by atoms with E-state index < -0.39 is 4.92 Å². The second kappa shape index (κ2) is 5.59. The Labute approximate surface area is 123 Å². The van der Waals surface area contributed by atoms with Crippen molar-refractivity contribution in [1.82, 2.24) is 0 Å². The van der Waals surface area contributed by atoms with E-state index in [9.17, 15) is 10.1 Å². The van der Waals surface area contributed by atoms with Crippen molar-refractivity contribution < 1.29 is 9.66 Å². The summed E-state index contributed by atoms with van der Waals surface area (Å²) in [7, 11) is 0. The van der Waals surface area contributed by atoms with Crippen LogP contribution in [-0.4, -0.2) is 4.92 Å². The first-order valence-electron chi connectivity index (χ1n) is 5.35. The van der Waals surface area contributed by atoms with Gasteiger partial charge in [0.2, 0.25) is 5.75 Å². The van der Waals surface area contributed by atoms with Gasteiger partial charge in [0.25, 0.3) is 0 Å². The van der Waals surface area contributed by atoms with Gasteiger partial charge in [-0.1, -0.05) is 33.6 Å². The monoisotopic (exact) mass is 341 g/mol. The number of hydrogen-bond donors (Lipinski definition) is 0. The van der Waals surface area contributed by atoms with Gasteiger partial charge in [0, 0.05) is 10.5 Å². The molecule has 6 heteroatoms. The van der Waals surface area contributed by atoms with E-state index in [1.54, 1.807) is 18.2 Å². The van der Waals surface area contributed by atoms with Crippen molar-refractivity contribution >= 4 is 33.2 Å². The third-order valence-corrected chi connectivity index (χ3v) is 3.23. The summed E-state index contributed by atoms with van der Waals surface area (Å²) in [6.07, 6.45) is 0. The SMILES string of the molecule is Cc1ccc(Cl)c(Oc2ccc(Br)cc2[N+](=O)[O-])c1. The van der Waals surface area contributed by atoms with Crippen LogP contribution in [0.15, 0.2) is 40.9 Å². The lowest BCUT2D eigenvalue weighted by Gasteiger charge is -2.09. The molecule has 2 rings (SSSR count). The third-order valence-electron chi connectivity index (χ3n) is 2.42. The predicted octanol–water partition coefficient (Wildman–Crippen LogP) is 5.11. The van der Waals surface area contributed by atoms with Gasteiger partial charge in [-0.05, 0) is 36.8 Å². The van der Waals surface area contributed by atoms with Crippen molar-refractivity contribution in [2.24, 2.45) is 0 Å². The molecule has 4 nitrogen and oxygen atoms in total. The minimum atomic E-state index is -0.496. The lowest BCUT2D eigenvalue weighted by atomic mass is 10.2. The van der Waals surface area contributed by atoms with Crippen molar-refractivity contribution in [3.8, 4) is 11.5 Å². The van der Waals surface area contributed by atoms with Crippen LogP contribution in [0, 0.1) is 17.0 Å². The van der Waals surface area contributed by atoms with Crippen molar-refractivity contribution in [2.45, 2.75) is 6.92 Å². The molecule has 0 aliphatic rings. The van der Waals surface area contributed by atoms with Crippen molar-refractivity contribution in [1.29, 1.82) is 0 Å². The Morgan fingerprint density at radius 3 is 2.63 bits per heavy atom. The van der Waals surface area contributed by atoms with E-state index in [2.05, 4.69) is 15.9 Å². The van der Waals surface area contributed by atoms with Gasteiger partial charge < -0.3 is 4.74 Å². The first-order valence-corrected chi connectivity index (χ1v) is 6.52. The fourth-order valence-corrected chi connectivity index (χ4v) is 2.03. The molecule has 2 aromatic carbocycles. The summed E-state index contributed by atoms with van der Waals surface area (Å²) in [6.45, 7) is 1.89. The minimum Gasteiger partial charge on any atom is -0.449 e. The van der Waals surface area contributed by atoms with Gasteiger partial charge in [0.1, 0.15) is 5.75 Å². The minimum absolute atomic E-state index is 0.119. The van der Waals surface area contributed by atoms with E-state index in [0.29, 0.717) is 15.2 Å². The second-order valence-corrected chi connectivity index (χ2v) is 5.23. The zero-order valence-electron chi connectivity index (χ0n) is 9.89. The molecule has 0 fully saturated rings. The van der Waals surface area contributed by atoms with Gasteiger partial charge in [-0.2, -0.15) is 0 Å². The maximum Gasteiger partial charge on any atom is 0.312 e. The Hall–Kier alpha value is -1.59. The van der Waals surface area contributed by atoms with E-state index in [1.165, 1.54) is 12.1 Å². The summed E-state index contributed by atoms with van der Waals surface area (Å²) in [6, 6.07) is 9.85. The van der Waals surface area contributed by atoms with Crippen LogP contribution >= 0.6 is 27.5 Å². The molecule has 0 aliphatic carbocycles. The zero-order chi connectivity index (χ0) is 14.0. The van der Waals surface area contributed by atoms with Crippen LogP contribution in [0.2, 0.25) is 5.02 Å². The number of ether oxygens (including phenoxy) is 1. The molecule has 0 heterocycles. The molecule has 19 heavy (non-hydrogen) atoms. The molecular weight excluding hydrogens is 334 g/mol. The molecule has 0 saturated heterocycles. The van der Waals surface area contributed by atoms with Gasteiger partial charge in [-0.15, -0.1) is 0 Å². The third kappa shape index (κ3) is 3.24. The molecule has 0 bridgehead atoms. The molecule has 0 atom stereocenters. The summed E-state index contributed by atoms with van der Waals surface area (Å²) < 4.78 is 6.16. The first kappa shape index (κ1) is 13.8. The highest BCUT2D eigenvalue weighted by molar-refractivity contribution is 9.10. The number of rotatable bonds is 3. The largest absolute Gasteiger partial charge is 0.449 e. The Balaban J connectivity index is 2.43. The number of halogens is 2. The van der Waals surface area contributed by atoms with Gasteiger partial charge in [-0.25, -0.2) is 0 Å². The zero-order valence-corrected chi connectivity index (χ0v) is 12.2. The van der Waals surface area contributed by atoms with Crippen LogP contribution in [0.1, 0.15) is 5.56 Å². The molecule has 0 radical (unpaired) electrons. The smallest absolute Gasteiger partial charge is 0.312 e.